The van der Waals surface area contributed by atoms with Crippen molar-refractivity contribution in [1.29, 1.82) is 0 Å². The molecule has 1 amide bonds. The van der Waals surface area contributed by atoms with Crippen LogP contribution in [0.5, 0.6) is 0 Å². The maximum absolute atomic E-state index is 11.6. The first-order valence-corrected chi connectivity index (χ1v) is 5.49. The van der Waals surface area contributed by atoms with Crippen molar-refractivity contribution in [3.63, 3.8) is 0 Å². The minimum absolute atomic E-state index is 0.0291. The van der Waals surface area contributed by atoms with Crippen molar-refractivity contribution < 1.29 is 9.90 Å². The molecule has 0 saturated heterocycles. The largest absolute Gasteiger partial charge is 0.394 e. The number of nitrogens with one attached hydrogen (secondary N) is 1. The number of aliphatic hydroxyl groups excluding tert-OH is 1. The van der Waals surface area contributed by atoms with Gasteiger partial charge in [0.15, 0.2) is 0 Å². The highest BCUT2D eigenvalue weighted by Gasteiger charge is 2.07. The van der Waals surface area contributed by atoms with Gasteiger partial charge in [-0.15, -0.1) is 0 Å². The fourth-order valence-corrected chi connectivity index (χ4v) is 1.47. The van der Waals surface area contributed by atoms with Gasteiger partial charge in [-0.25, -0.2) is 0 Å². The molecular formula is C13H19NO2. The van der Waals surface area contributed by atoms with Crippen molar-refractivity contribution in [2.45, 2.75) is 33.2 Å². The van der Waals surface area contributed by atoms with E-state index >= 15 is 0 Å². The molecule has 1 rings (SSSR count). The van der Waals surface area contributed by atoms with E-state index in [0.717, 1.165) is 5.56 Å². The number of aryl methyl sites for hydroxylation is 2. The van der Waals surface area contributed by atoms with Crippen molar-refractivity contribution in [2.75, 3.05) is 6.61 Å². The van der Waals surface area contributed by atoms with Gasteiger partial charge in [0.05, 0.1) is 13.0 Å². The normalized spacial score (nSPS) is 12.2. The van der Waals surface area contributed by atoms with Crippen molar-refractivity contribution in [2.24, 2.45) is 0 Å². The van der Waals surface area contributed by atoms with Crippen LogP contribution in [0.25, 0.3) is 0 Å². The summed E-state index contributed by atoms with van der Waals surface area (Å²) in [5.41, 5.74) is 3.43. The number of hydrogen-bond donors (Lipinski definition) is 2. The molecule has 0 heterocycles. The molecule has 0 unspecified atom stereocenters. The zero-order valence-corrected chi connectivity index (χ0v) is 10.1. The lowest BCUT2D eigenvalue weighted by molar-refractivity contribution is -0.121. The van der Waals surface area contributed by atoms with E-state index in [1.165, 1.54) is 11.1 Å². The molecule has 1 aromatic carbocycles. The van der Waals surface area contributed by atoms with Gasteiger partial charge in [0, 0.05) is 6.04 Å². The van der Waals surface area contributed by atoms with Crippen LogP contribution in [0.1, 0.15) is 23.6 Å². The molecule has 1 atom stereocenters. The molecule has 0 aliphatic rings. The molecular weight excluding hydrogens is 202 g/mol. The zero-order valence-electron chi connectivity index (χ0n) is 10.1. The second kappa shape index (κ2) is 5.66. The lowest BCUT2D eigenvalue weighted by atomic mass is 10.0. The van der Waals surface area contributed by atoms with Gasteiger partial charge < -0.3 is 10.4 Å². The third kappa shape index (κ3) is 3.66. The summed E-state index contributed by atoms with van der Waals surface area (Å²) in [4.78, 5) is 11.6. The van der Waals surface area contributed by atoms with Crippen molar-refractivity contribution in [3.8, 4) is 0 Å². The summed E-state index contributed by atoms with van der Waals surface area (Å²) < 4.78 is 0. The summed E-state index contributed by atoms with van der Waals surface area (Å²) in [6.07, 6.45) is 0.367. The van der Waals surface area contributed by atoms with Crippen molar-refractivity contribution >= 4 is 5.91 Å². The van der Waals surface area contributed by atoms with Crippen LogP contribution in [-0.4, -0.2) is 23.7 Å². The summed E-state index contributed by atoms with van der Waals surface area (Å²) in [6, 6.07) is 5.83. The Morgan fingerprint density at radius 1 is 1.38 bits per heavy atom. The molecule has 0 saturated carbocycles. The van der Waals surface area contributed by atoms with E-state index in [-0.39, 0.29) is 18.6 Å². The van der Waals surface area contributed by atoms with Gasteiger partial charge >= 0.3 is 0 Å². The summed E-state index contributed by atoms with van der Waals surface area (Å²) in [5.74, 6) is -0.0511. The number of carbonyl (C=O) groups excluding carboxylic acids is 1. The molecule has 0 radical (unpaired) electrons. The Labute approximate surface area is 96.5 Å². The maximum atomic E-state index is 11.6. The quantitative estimate of drug-likeness (QED) is 0.806. The standard InChI is InChI=1S/C13H19NO2/c1-9-4-5-12(6-10(9)2)7-13(16)14-11(3)8-15/h4-6,11,15H,7-8H2,1-3H3,(H,14,16)/t11-/m1/s1. The average Bonchev–Trinajstić information content (AvgIpc) is 2.23. The van der Waals surface area contributed by atoms with E-state index in [2.05, 4.69) is 5.32 Å². The number of benzene rings is 1. The van der Waals surface area contributed by atoms with E-state index in [4.69, 9.17) is 5.11 Å². The van der Waals surface area contributed by atoms with Gasteiger partial charge in [-0.3, -0.25) is 4.79 Å². The Kier molecular flexibility index (Phi) is 4.50. The molecule has 2 N–H and O–H groups in total. The van der Waals surface area contributed by atoms with Crippen LogP contribution in [0, 0.1) is 13.8 Å². The summed E-state index contributed by atoms with van der Waals surface area (Å²) >= 11 is 0. The van der Waals surface area contributed by atoms with E-state index < -0.39 is 0 Å². The molecule has 1 aromatic rings. The molecule has 3 heteroatoms. The molecule has 16 heavy (non-hydrogen) atoms. The summed E-state index contributed by atoms with van der Waals surface area (Å²) in [5, 5.41) is 11.5. The van der Waals surface area contributed by atoms with Gasteiger partial charge in [-0.1, -0.05) is 18.2 Å². The van der Waals surface area contributed by atoms with E-state index in [9.17, 15) is 4.79 Å². The van der Waals surface area contributed by atoms with Crippen LogP contribution in [0.15, 0.2) is 18.2 Å². The average molecular weight is 221 g/mol. The molecule has 0 aromatic heterocycles. The summed E-state index contributed by atoms with van der Waals surface area (Å²) in [7, 11) is 0. The molecule has 88 valence electrons. The first-order chi connectivity index (χ1) is 7.52. The molecule has 0 aliphatic heterocycles. The monoisotopic (exact) mass is 221 g/mol. The maximum Gasteiger partial charge on any atom is 0.224 e. The van der Waals surface area contributed by atoms with Gasteiger partial charge in [-0.05, 0) is 37.5 Å². The Morgan fingerprint density at radius 2 is 2.06 bits per heavy atom. The Balaban J connectivity index is 2.59. The predicted octanol–water partition coefficient (Wildman–Crippen LogP) is 1.34. The number of rotatable bonds is 4. The lowest BCUT2D eigenvalue weighted by Gasteiger charge is -2.11. The highest BCUT2D eigenvalue weighted by Crippen LogP contribution is 2.10. The second-order valence-corrected chi connectivity index (χ2v) is 4.25. The molecule has 3 nitrogen and oxygen atoms in total. The molecule has 0 aliphatic carbocycles. The van der Waals surface area contributed by atoms with Crippen LogP contribution < -0.4 is 5.32 Å². The fourth-order valence-electron chi connectivity index (χ4n) is 1.47. The zero-order chi connectivity index (χ0) is 12.1. The van der Waals surface area contributed by atoms with Gasteiger partial charge in [-0.2, -0.15) is 0 Å². The Hall–Kier alpha value is -1.35. The first-order valence-electron chi connectivity index (χ1n) is 5.49. The lowest BCUT2D eigenvalue weighted by Crippen LogP contribution is -2.35. The molecule has 0 fully saturated rings. The number of carbonyl (C=O) groups is 1. The van der Waals surface area contributed by atoms with Gasteiger partial charge in [0.2, 0.25) is 5.91 Å². The molecule has 0 spiro atoms. The number of aliphatic hydroxyl groups is 1. The Bertz CT molecular complexity index is 374. The third-order valence-corrected chi connectivity index (χ3v) is 2.62. The SMILES string of the molecule is Cc1ccc(CC(=O)N[C@H](C)CO)cc1C. The Morgan fingerprint density at radius 3 is 2.62 bits per heavy atom. The second-order valence-electron chi connectivity index (χ2n) is 4.25. The highest BCUT2D eigenvalue weighted by molar-refractivity contribution is 5.78. The van der Waals surface area contributed by atoms with Gasteiger partial charge in [0.25, 0.3) is 0 Å². The van der Waals surface area contributed by atoms with Crippen LogP contribution in [-0.2, 0) is 11.2 Å². The van der Waals surface area contributed by atoms with Crippen LogP contribution in [0.4, 0.5) is 0 Å². The third-order valence-electron chi connectivity index (χ3n) is 2.62. The van der Waals surface area contributed by atoms with E-state index in [1.54, 1.807) is 6.92 Å². The molecule has 0 bridgehead atoms. The minimum atomic E-state index is -0.181. The minimum Gasteiger partial charge on any atom is -0.394 e. The van der Waals surface area contributed by atoms with Gasteiger partial charge in [0.1, 0.15) is 0 Å². The number of amides is 1. The highest BCUT2D eigenvalue weighted by atomic mass is 16.3. The van der Waals surface area contributed by atoms with Crippen LogP contribution >= 0.6 is 0 Å². The predicted molar refractivity (Wildman–Crippen MR) is 64.3 cm³/mol. The van der Waals surface area contributed by atoms with Crippen LogP contribution in [0.2, 0.25) is 0 Å². The van der Waals surface area contributed by atoms with Crippen LogP contribution in [0.3, 0.4) is 0 Å². The van der Waals surface area contributed by atoms with Crippen molar-refractivity contribution in [1.82, 2.24) is 5.32 Å². The topological polar surface area (TPSA) is 49.3 Å². The van der Waals surface area contributed by atoms with E-state index in [1.807, 2.05) is 32.0 Å². The van der Waals surface area contributed by atoms with E-state index in [0.29, 0.717) is 6.42 Å². The summed E-state index contributed by atoms with van der Waals surface area (Å²) in [6.45, 7) is 5.83. The number of hydrogen-bond acceptors (Lipinski definition) is 2. The fraction of sp³-hybridized carbons (Fsp3) is 0.462. The van der Waals surface area contributed by atoms with Crippen molar-refractivity contribution in [3.05, 3.63) is 34.9 Å². The first kappa shape index (κ1) is 12.7. The smallest absolute Gasteiger partial charge is 0.224 e.